The molecule has 3 rings (SSSR count). The van der Waals surface area contributed by atoms with Crippen LogP contribution in [0.15, 0.2) is 54.6 Å². The molecule has 0 saturated heterocycles. The van der Waals surface area contributed by atoms with Crippen molar-refractivity contribution in [3.63, 3.8) is 0 Å². The van der Waals surface area contributed by atoms with Gasteiger partial charge in [0.15, 0.2) is 11.5 Å². The van der Waals surface area contributed by atoms with Crippen molar-refractivity contribution in [3.8, 4) is 6.07 Å². The highest BCUT2D eigenvalue weighted by molar-refractivity contribution is 6.30. The number of nitrogens with one attached hydrogen (secondary N) is 2. The third-order valence-electron chi connectivity index (χ3n) is 3.60. The van der Waals surface area contributed by atoms with E-state index in [9.17, 15) is 4.79 Å². The third-order valence-corrected chi connectivity index (χ3v) is 3.83. The van der Waals surface area contributed by atoms with E-state index in [-0.39, 0.29) is 11.6 Å². The first-order valence-corrected chi connectivity index (χ1v) is 8.11. The van der Waals surface area contributed by atoms with E-state index in [1.165, 1.54) is 0 Å². The number of carbonyl (C=O) groups is 1. The molecule has 6 nitrogen and oxygen atoms in total. The van der Waals surface area contributed by atoms with Crippen molar-refractivity contribution in [2.75, 3.05) is 10.6 Å². The lowest BCUT2D eigenvalue weighted by atomic mass is 10.2. The standard InChI is InChI=1S/C19H14ClN5O/c1-12-9-14(20)5-6-16(12)23-19(26)17-7-8-18(25-24-17)22-15-4-2-3-13(10-15)11-21/h2-10H,1H3,(H,22,25)(H,23,26). The van der Waals surface area contributed by atoms with Crippen LogP contribution < -0.4 is 10.6 Å². The maximum atomic E-state index is 12.3. The van der Waals surface area contributed by atoms with Gasteiger partial charge in [0.1, 0.15) is 0 Å². The average Bonchev–Trinajstić information content (AvgIpc) is 2.64. The number of hydrogen-bond acceptors (Lipinski definition) is 5. The zero-order chi connectivity index (χ0) is 18.5. The molecule has 3 aromatic rings. The molecule has 0 unspecified atom stereocenters. The number of aromatic nitrogens is 2. The smallest absolute Gasteiger partial charge is 0.276 e. The van der Waals surface area contributed by atoms with Gasteiger partial charge in [0.2, 0.25) is 0 Å². The fourth-order valence-corrected chi connectivity index (χ4v) is 2.51. The van der Waals surface area contributed by atoms with Gasteiger partial charge in [0, 0.05) is 16.4 Å². The van der Waals surface area contributed by atoms with Gasteiger partial charge < -0.3 is 10.6 Å². The third kappa shape index (κ3) is 4.15. The summed E-state index contributed by atoms with van der Waals surface area (Å²) in [4.78, 5) is 12.3. The van der Waals surface area contributed by atoms with Crippen LogP contribution in [0.3, 0.4) is 0 Å². The van der Waals surface area contributed by atoms with Crippen molar-refractivity contribution in [2.24, 2.45) is 0 Å². The highest BCUT2D eigenvalue weighted by atomic mass is 35.5. The summed E-state index contributed by atoms with van der Waals surface area (Å²) >= 11 is 5.91. The minimum Gasteiger partial charge on any atom is -0.339 e. The van der Waals surface area contributed by atoms with Crippen LogP contribution in [0.2, 0.25) is 5.02 Å². The fourth-order valence-electron chi connectivity index (χ4n) is 2.29. The molecule has 1 amide bonds. The van der Waals surface area contributed by atoms with E-state index in [4.69, 9.17) is 16.9 Å². The first kappa shape index (κ1) is 17.4. The molecule has 26 heavy (non-hydrogen) atoms. The number of benzene rings is 2. The van der Waals surface area contributed by atoms with Crippen LogP contribution in [0, 0.1) is 18.3 Å². The summed E-state index contributed by atoms with van der Waals surface area (Å²) in [6.07, 6.45) is 0. The Bertz CT molecular complexity index is 996. The van der Waals surface area contributed by atoms with Crippen molar-refractivity contribution in [1.29, 1.82) is 5.26 Å². The quantitative estimate of drug-likeness (QED) is 0.720. The number of halogens is 1. The molecule has 128 valence electrons. The lowest BCUT2D eigenvalue weighted by Crippen LogP contribution is -2.15. The van der Waals surface area contributed by atoms with Crippen molar-refractivity contribution in [2.45, 2.75) is 6.92 Å². The Labute approximate surface area is 155 Å². The number of nitrogens with zero attached hydrogens (tertiary/aromatic N) is 3. The molecule has 2 aromatic carbocycles. The molecule has 1 aromatic heterocycles. The van der Waals surface area contributed by atoms with E-state index in [1.54, 1.807) is 48.5 Å². The van der Waals surface area contributed by atoms with Crippen LogP contribution in [-0.4, -0.2) is 16.1 Å². The molecule has 1 heterocycles. The summed E-state index contributed by atoms with van der Waals surface area (Å²) in [5, 5.41) is 23.3. The molecule has 0 atom stereocenters. The molecule has 2 N–H and O–H groups in total. The molecule has 0 fully saturated rings. The van der Waals surface area contributed by atoms with E-state index in [1.807, 2.05) is 13.0 Å². The van der Waals surface area contributed by atoms with E-state index in [0.717, 1.165) is 5.56 Å². The van der Waals surface area contributed by atoms with Crippen LogP contribution in [0.25, 0.3) is 0 Å². The van der Waals surface area contributed by atoms with Crippen LogP contribution in [-0.2, 0) is 0 Å². The van der Waals surface area contributed by atoms with Crippen molar-refractivity contribution in [3.05, 3.63) is 76.4 Å². The van der Waals surface area contributed by atoms with Gasteiger partial charge in [-0.05, 0) is 61.0 Å². The first-order valence-electron chi connectivity index (χ1n) is 7.73. The predicted molar refractivity (Wildman–Crippen MR) is 101 cm³/mol. The summed E-state index contributed by atoms with van der Waals surface area (Å²) in [6.45, 7) is 1.86. The lowest BCUT2D eigenvalue weighted by Gasteiger charge is -2.09. The van der Waals surface area contributed by atoms with Gasteiger partial charge in [-0.1, -0.05) is 17.7 Å². The Morgan fingerprint density at radius 1 is 1.12 bits per heavy atom. The second-order valence-corrected chi connectivity index (χ2v) is 5.97. The van der Waals surface area contributed by atoms with E-state index in [0.29, 0.717) is 27.8 Å². The largest absolute Gasteiger partial charge is 0.339 e. The Balaban J connectivity index is 1.70. The lowest BCUT2D eigenvalue weighted by molar-refractivity contribution is 0.102. The summed E-state index contributed by atoms with van der Waals surface area (Å²) in [6, 6.07) is 17.5. The number of rotatable bonds is 4. The Kier molecular flexibility index (Phi) is 5.11. The maximum absolute atomic E-state index is 12.3. The van der Waals surface area contributed by atoms with E-state index in [2.05, 4.69) is 26.9 Å². The number of amides is 1. The molecular weight excluding hydrogens is 350 g/mol. The van der Waals surface area contributed by atoms with E-state index >= 15 is 0 Å². The minimum atomic E-state index is -0.360. The zero-order valence-electron chi connectivity index (χ0n) is 13.8. The summed E-state index contributed by atoms with van der Waals surface area (Å²) in [5.74, 6) is 0.111. The van der Waals surface area contributed by atoms with Crippen molar-refractivity contribution < 1.29 is 4.79 Å². The Hall–Kier alpha value is -3.43. The summed E-state index contributed by atoms with van der Waals surface area (Å²) in [7, 11) is 0. The second kappa shape index (κ2) is 7.64. The Morgan fingerprint density at radius 2 is 1.96 bits per heavy atom. The van der Waals surface area contributed by atoms with Gasteiger partial charge in [-0.25, -0.2) is 0 Å². The molecule has 0 spiro atoms. The van der Waals surface area contributed by atoms with E-state index < -0.39 is 0 Å². The van der Waals surface area contributed by atoms with Crippen LogP contribution in [0.4, 0.5) is 17.2 Å². The maximum Gasteiger partial charge on any atom is 0.276 e. The molecule has 0 aliphatic carbocycles. The molecule has 0 radical (unpaired) electrons. The highest BCUT2D eigenvalue weighted by Gasteiger charge is 2.10. The summed E-state index contributed by atoms with van der Waals surface area (Å²) < 4.78 is 0. The highest BCUT2D eigenvalue weighted by Crippen LogP contribution is 2.20. The number of aryl methyl sites for hydroxylation is 1. The molecular formula is C19H14ClN5O. The van der Waals surface area contributed by atoms with Gasteiger partial charge in [0.25, 0.3) is 5.91 Å². The fraction of sp³-hybridized carbons (Fsp3) is 0.0526. The van der Waals surface area contributed by atoms with Crippen LogP contribution >= 0.6 is 11.6 Å². The topological polar surface area (TPSA) is 90.7 Å². The predicted octanol–water partition coefficient (Wildman–Crippen LogP) is 4.31. The van der Waals surface area contributed by atoms with Gasteiger partial charge in [0.05, 0.1) is 11.6 Å². The van der Waals surface area contributed by atoms with Crippen molar-refractivity contribution >= 4 is 34.7 Å². The van der Waals surface area contributed by atoms with Gasteiger partial charge in [-0.15, -0.1) is 10.2 Å². The second-order valence-electron chi connectivity index (χ2n) is 5.53. The molecule has 0 aliphatic rings. The molecule has 0 bridgehead atoms. The molecule has 7 heteroatoms. The number of nitriles is 1. The monoisotopic (exact) mass is 363 g/mol. The van der Waals surface area contributed by atoms with Gasteiger partial charge in [-0.3, -0.25) is 4.79 Å². The van der Waals surface area contributed by atoms with Gasteiger partial charge >= 0.3 is 0 Å². The number of hydrogen-bond donors (Lipinski definition) is 2. The summed E-state index contributed by atoms with van der Waals surface area (Å²) in [5.41, 5.74) is 2.96. The molecule has 0 aliphatic heterocycles. The Morgan fingerprint density at radius 3 is 2.65 bits per heavy atom. The normalized spacial score (nSPS) is 10.0. The van der Waals surface area contributed by atoms with Crippen LogP contribution in [0.1, 0.15) is 21.6 Å². The number of carbonyl (C=O) groups excluding carboxylic acids is 1. The average molecular weight is 364 g/mol. The van der Waals surface area contributed by atoms with Crippen molar-refractivity contribution in [1.82, 2.24) is 10.2 Å². The minimum absolute atomic E-state index is 0.190. The number of anilines is 3. The SMILES string of the molecule is Cc1cc(Cl)ccc1NC(=O)c1ccc(Nc2cccc(C#N)c2)nn1. The molecule has 0 saturated carbocycles. The zero-order valence-corrected chi connectivity index (χ0v) is 14.6. The van der Waals surface area contributed by atoms with Crippen LogP contribution in [0.5, 0.6) is 0 Å². The first-order chi connectivity index (χ1) is 12.5. The van der Waals surface area contributed by atoms with Gasteiger partial charge in [-0.2, -0.15) is 5.26 Å².